The summed E-state index contributed by atoms with van der Waals surface area (Å²) < 4.78 is 44.4. The van der Waals surface area contributed by atoms with E-state index >= 15 is 0 Å². The molecule has 25 heavy (non-hydrogen) atoms. The summed E-state index contributed by atoms with van der Waals surface area (Å²) in [7, 11) is 0. The molecule has 0 spiro atoms. The predicted octanol–water partition coefficient (Wildman–Crippen LogP) is 3.60. The highest BCUT2D eigenvalue weighted by molar-refractivity contribution is 6.04. The molecule has 0 aliphatic carbocycles. The normalized spacial score (nSPS) is 11.5. The fraction of sp³-hybridized carbons (Fsp3) is 0.294. The van der Waals surface area contributed by atoms with Crippen molar-refractivity contribution in [2.45, 2.75) is 32.7 Å². The second kappa shape index (κ2) is 7.52. The van der Waals surface area contributed by atoms with Crippen molar-refractivity contribution in [2.24, 2.45) is 5.73 Å². The average molecular weight is 353 g/mol. The standard InChI is InChI=1S/C17H18F3N3O2/c1-10(2)25-14-4-3-5-22-15(14)16(24)23-13-7-11(9-21)6-12(8-13)17(18,19)20/h3-8,10H,9,21H2,1-2H3,(H,23,24). The van der Waals surface area contributed by atoms with Gasteiger partial charge in [0.2, 0.25) is 0 Å². The van der Waals surface area contributed by atoms with E-state index in [9.17, 15) is 18.0 Å². The van der Waals surface area contributed by atoms with Gasteiger partial charge < -0.3 is 15.8 Å². The Bertz CT molecular complexity index is 761. The van der Waals surface area contributed by atoms with E-state index in [0.717, 1.165) is 12.1 Å². The lowest BCUT2D eigenvalue weighted by atomic mass is 10.1. The third kappa shape index (κ3) is 4.93. The van der Waals surface area contributed by atoms with Crippen LogP contribution in [-0.2, 0) is 12.7 Å². The number of halogens is 3. The van der Waals surface area contributed by atoms with Gasteiger partial charge in [-0.1, -0.05) is 0 Å². The first-order chi connectivity index (χ1) is 11.7. The first-order valence-electron chi connectivity index (χ1n) is 7.55. The number of ether oxygens (including phenoxy) is 1. The molecule has 1 amide bonds. The maximum absolute atomic E-state index is 13.0. The average Bonchev–Trinajstić information content (AvgIpc) is 2.53. The molecule has 0 saturated carbocycles. The van der Waals surface area contributed by atoms with E-state index in [4.69, 9.17) is 10.5 Å². The number of nitrogens with zero attached hydrogens (tertiary/aromatic N) is 1. The number of alkyl halides is 3. The topological polar surface area (TPSA) is 77.2 Å². The van der Waals surface area contributed by atoms with Crippen molar-refractivity contribution in [3.8, 4) is 5.75 Å². The van der Waals surface area contributed by atoms with Crippen molar-refractivity contribution in [3.63, 3.8) is 0 Å². The minimum atomic E-state index is -4.54. The molecule has 0 aliphatic heterocycles. The van der Waals surface area contributed by atoms with E-state index in [1.165, 1.54) is 12.3 Å². The van der Waals surface area contributed by atoms with Gasteiger partial charge in [0.25, 0.3) is 5.91 Å². The summed E-state index contributed by atoms with van der Waals surface area (Å²) in [4.78, 5) is 16.4. The van der Waals surface area contributed by atoms with Crippen molar-refractivity contribution in [3.05, 3.63) is 53.3 Å². The van der Waals surface area contributed by atoms with Crippen molar-refractivity contribution in [2.75, 3.05) is 5.32 Å². The highest BCUT2D eigenvalue weighted by atomic mass is 19.4. The van der Waals surface area contributed by atoms with Crippen LogP contribution in [0.3, 0.4) is 0 Å². The van der Waals surface area contributed by atoms with Gasteiger partial charge in [-0.25, -0.2) is 4.98 Å². The number of rotatable bonds is 5. The van der Waals surface area contributed by atoms with Crippen LogP contribution in [0.25, 0.3) is 0 Å². The number of anilines is 1. The van der Waals surface area contributed by atoms with Crippen molar-refractivity contribution < 1.29 is 22.7 Å². The first-order valence-corrected chi connectivity index (χ1v) is 7.55. The Hall–Kier alpha value is -2.61. The van der Waals surface area contributed by atoms with Crippen LogP contribution in [0.4, 0.5) is 18.9 Å². The number of amides is 1. The number of benzene rings is 1. The molecule has 2 aromatic rings. The van der Waals surface area contributed by atoms with E-state index in [0.29, 0.717) is 0 Å². The second-order valence-corrected chi connectivity index (χ2v) is 5.59. The minimum absolute atomic E-state index is 0.0112. The second-order valence-electron chi connectivity index (χ2n) is 5.59. The predicted molar refractivity (Wildman–Crippen MR) is 87.3 cm³/mol. The highest BCUT2D eigenvalue weighted by Crippen LogP contribution is 2.32. The van der Waals surface area contributed by atoms with Crippen LogP contribution in [-0.4, -0.2) is 17.0 Å². The summed E-state index contributed by atoms with van der Waals surface area (Å²) in [6.45, 7) is 3.49. The maximum atomic E-state index is 13.0. The van der Waals surface area contributed by atoms with Gasteiger partial charge in [-0.3, -0.25) is 4.79 Å². The lowest BCUT2D eigenvalue weighted by Gasteiger charge is -2.15. The van der Waals surface area contributed by atoms with Crippen LogP contribution in [0.5, 0.6) is 5.75 Å². The molecular weight excluding hydrogens is 335 g/mol. The first kappa shape index (κ1) is 18.7. The maximum Gasteiger partial charge on any atom is 0.416 e. The van der Waals surface area contributed by atoms with E-state index < -0.39 is 17.6 Å². The number of hydrogen-bond donors (Lipinski definition) is 2. The molecule has 8 heteroatoms. The quantitative estimate of drug-likeness (QED) is 0.861. The smallest absolute Gasteiger partial charge is 0.416 e. The van der Waals surface area contributed by atoms with E-state index in [1.54, 1.807) is 26.0 Å². The Morgan fingerprint density at radius 3 is 2.64 bits per heavy atom. The fourth-order valence-electron chi connectivity index (χ4n) is 2.15. The molecule has 5 nitrogen and oxygen atoms in total. The van der Waals surface area contributed by atoms with Crippen LogP contribution in [0.1, 0.15) is 35.5 Å². The molecule has 1 heterocycles. The number of pyridine rings is 1. The number of hydrogen-bond acceptors (Lipinski definition) is 4. The lowest BCUT2D eigenvalue weighted by molar-refractivity contribution is -0.137. The molecule has 0 atom stereocenters. The minimum Gasteiger partial charge on any atom is -0.489 e. The molecule has 1 aromatic carbocycles. The summed E-state index contributed by atoms with van der Waals surface area (Å²) >= 11 is 0. The Morgan fingerprint density at radius 2 is 2.04 bits per heavy atom. The molecule has 0 aliphatic rings. The van der Waals surface area contributed by atoms with Crippen LogP contribution in [0.15, 0.2) is 36.5 Å². The van der Waals surface area contributed by atoms with E-state index in [2.05, 4.69) is 10.3 Å². The summed E-state index contributed by atoms with van der Waals surface area (Å²) in [5, 5.41) is 2.42. The molecule has 0 bridgehead atoms. The Kier molecular flexibility index (Phi) is 5.63. The van der Waals surface area contributed by atoms with Crippen LogP contribution < -0.4 is 15.8 Å². The van der Waals surface area contributed by atoms with Gasteiger partial charge in [0.05, 0.1) is 11.7 Å². The van der Waals surface area contributed by atoms with Crippen LogP contribution >= 0.6 is 0 Å². The van der Waals surface area contributed by atoms with Crippen molar-refractivity contribution >= 4 is 11.6 Å². The van der Waals surface area contributed by atoms with Gasteiger partial charge in [0.1, 0.15) is 0 Å². The Labute approximate surface area is 143 Å². The van der Waals surface area contributed by atoms with Gasteiger partial charge in [0, 0.05) is 18.4 Å². The Morgan fingerprint density at radius 1 is 1.32 bits per heavy atom. The number of carbonyl (C=O) groups is 1. The molecule has 0 radical (unpaired) electrons. The largest absolute Gasteiger partial charge is 0.489 e. The number of carbonyl (C=O) groups excluding carboxylic acids is 1. The van der Waals surface area contributed by atoms with Gasteiger partial charge in [-0.2, -0.15) is 13.2 Å². The summed E-state index contributed by atoms with van der Waals surface area (Å²) in [6, 6.07) is 6.36. The van der Waals surface area contributed by atoms with Gasteiger partial charge in [-0.05, 0) is 49.7 Å². The molecule has 3 N–H and O–H groups in total. The fourth-order valence-corrected chi connectivity index (χ4v) is 2.15. The summed E-state index contributed by atoms with van der Waals surface area (Å²) in [6.07, 6.45) is -3.32. The zero-order chi connectivity index (χ0) is 18.6. The summed E-state index contributed by atoms with van der Waals surface area (Å²) in [5.41, 5.74) is 4.79. The van der Waals surface area contributed by atoms with Crippen LogP contribution in [0, 0.1) is 0 Å². The van der Waals surface area contributed by atoms with Gasteiger partial charge in [-0.15, -0.1) is 0 Å². The third-order valence-corrected chi connectivity index (χ3v) is 3.16. The lowest BCUT2D eigenvalue weighted by Crippen LogP contribution is -2.18. The number of nitrogens with one attached hydrogen (secondary N) is 1. The van der Waals surface area contributed by atoms with E-state index in [-0.39, 0.29) is 35.3 Å². The molecule has 0 saturated heterocycles. The highest BCUT2D eigenvalue weighted by Gasteiger charge is 2.31. The molecule has 0 unspecified atom stereocenters. The molecule has 1 aromatic heterocycles. The van der Waals surface area contributed by atoms with Crippen LogP contribution in [0.2, 0.25) is 0 Å². The Balaban J connectivity index is 2.32. The molecular formula is C17H18F3N3O2. The SMILES string of the molecule is CC(C)Oc1cccnc1C(=O)Nc1cc(CN)cc(C(F)(F)F)c1. The number of aromatic nitrogens is 1. The monoisotopic (exact) mass is 353 g/mol. The molecule has 0 fully saturated rings. The molecule has 2 rings (SSSR count). The van der Waals surface area contributed by atoms with E-state index in [1.807, 2.05) is 0 Å². The molecule has 134 valence electrons. The zero-order valence-corrected chi connectivity index (χ0v) is 13.7. The third-order valence-electron chi connectivity index (χ3n) is 3.16. The van der Waals surface area contributed by atoms with Crippen molar-refractivity contribution in [1.82, 2.24) is 4.98 Å². The van der Waals surface area contributed by atoms with Crippen molar-refractivity contribution in [1.29, 1.82) is 0 Å². The van der Waals surface area contributed by atoms with Gasteiger partial charge >= 0.3 is 6.18 Å². The summed E-state index contributed by atoms with van der Waals surface area (Å²) in [5.74, 6) is -0.417. The number of nitrogens with two attached hydrogens (primary N) is 1. The zero-order valence-electron chi connectivity index (χ0n) is 13.7. The van der Waals surface area contributed by atoms with Gasteiger partial charge in [0.15, 0.2) is 11.4 Å².